The van der Waals surface area contributed by atoms with Crippen molar-refractivity contribution in [3.8, 4) is 11.3 Å². The zero-order chi connectivity index (χ0) is 13.7. The van der Waals surface area contributed by atoms with Crippen molar-refractivity contribution in [2.45, 2.75) is 26.3 Å². The molecule has 100 valence electrons. The second kappa shape index (κ2) is 4.07. The third kappa shape index (κ3) is 1.61. The van der Waals surface area contributed by atoms with Gasteiger partial charge in [-0.05, 0) is 19.4 Å². The highest BCUT2D eigenvalue weighted by atomic mass is 16.3. The molecule has 0 amide bonds. The van der Waals surface area contributed by atoms with Crippen LogP contribution < -0.4 is 5.56 Å². The van der Waals surface area contributed by atoms with Gasteiger partial charge in [0.15, 0.2) is 0 Å². The minimum atomic E-state index is 0.0182. The van der Waals surface area contributed by atoms with Crippen molar-refractivity contribution in [1.82, 2.24) is 9.55 Å². The minimum absolute atomic E-state index is 0.0182. The first-order valence-electron chi connectivity index (χ1n) is 6.83. The second-order valence-electron chi connectivity index (χ2n) is 5.28. The molecule has 0 aliphatic carbocycles. The molecule has 3 heterocycles. The Morgan fingerprint density at radius 2 is 2.05 bits per heavy atom. The molecule has 20 heavy (non-hydrogen) atoms. The number of benzene rings is 1. The van der Waals surface area contributed by atoms with Crippen molar-refractivity contribution >= 4 is 11.1 Å². The van der Waals surface area contributed by atoms with Gasteiger partial charge < -0.3 is 4.42 Å². The van der Waals surface area contributed by atoms with Crippen molar-refractivity contribution in [2.24, 2.45) is 0 Å². The predicted molar refractivity (Wildman–Crippen MR) is 76.8 cm³/mol. The lowest BCUT2D eigenvalue weighted by molar-refractivity contribution is 0.610. The molecule has 0 spiro atoms. The van der Waals surface area contributed by atoms with Crippen molar-refractivity contribution in [2.75, 3.05) is 0 Å². The molecule has 0 bridgehead atoms. The molecule has 0 unspecified atom stereocenters. The van der Waals surface area contributed by atoms with Crippen LogP contribution in [0.15, 0.2) is 39.5 Å². The van der Waals surface area contributed by atoms with Crippen LogP contribution in [-0.2, 0) is 13.0 Å². The standard InChI is InChI=1S/C16H14N2O2/c1-10-4-6-11(7-5-10)13-9-12-15(20-13)17-14-3-2-8-18(14)16(12)19/h4-7,9H,2-3,8H2,1H3. The Labute approximate surface area is 115 Å². The molecule has 1 aromatic carbocycles. The van der Waals surface area contributed by atoms with E-state index in [4.69, 9.17) is 4.42 Å². The van der Waals surface area contributed by atoms with Gasteiger partial charge in [0.1, 0.15) is 17.0 Å². The normalized spacial score (nSPS) is 13.8. The van der Waals surface area contributed by atoms with E-state index in [1.807, 2.05) is 31.2 Å². The molecule has 0 radical (unpaired) electrons. The highest BCUT2D eigenvalue weighted by molar-refractivity contribution is 5.79. The Bertz CT molecular complexity index is 857. The van der Waals surface area contributed by atoms with E-state index in [0.29, 0.717) is 16.9 Å². The highest BCUT2D eigenvalue weighted by Gasteiger charge is 2.19. The summed E-state index contributed by atoms with van der Waals surface area (Å²) in [5.41, 5.74) is 2.64. The Hall–Kier alpha value is -2.36. The summed E-state index contributed by atoms with van der Waals surface area (Å²) in [7, 11) is 0. The van der Waals surface area contributed by atoms with Crippen LogP contribution in [0.2, 0.25) is 0 Å². The molecule has 4 rings (SSSR count). The number of furan rings is 1. The van der Waals surface area contributed by atoms with Crippen LogP contribution in [0.4, 0.5) is 0 Å². The molecule has 3 aromatic rings. The summed E-state index contributed by atoms with van der Waals surface area (Å²) in [6, 6.07) is 9.86. The fourth-order valence-electron chi connectivity index (χ4n) is 2.73. The van der Waals surface area contributed by atoms with Gasteiger partial charge in [-0.15, -0.1) is 0 Å². The summed E-state index contributed by atoms with van der Waals surface area (Å²) in [5, 5.41) is 0.575. The van der Waals surface area contributed by atoms with Crippen LogP contribution in [0.1, 0.15) is 17.8 Å². The number of hydrogen-bond donors (Lipinski definition) is 0. The second-order valence-corrected chi connectivity index (χ2v) is 5.28. The van der Waals surface area contributed by atoms with Crippen LogP contribution in [0.3, 0.4) is 0 Å². The van der Waals surface area contributed by atoms with E-state index < -0.39 is 0 Å². The maximum absolute atomic E-state index is 12.4. The third-order valence-electron chi connectivity index (χ3n) is 3.85. The molecule has 0 N–H and O–H groups in total. The quantitative estimate of drug-likeness (QED) is 0.680. The molecule has 0 fully saturated rings. The van der Waals surface area contributed by atoms with Crippen molar-refractivity contribution < 1.29 is 4.42 Å². The number of fused-ring (bicyclic) bond motifs is 2. The summed E-state index contributed by atoms with van der Waals surface area (Å²) in [6.45, 7) is 2.81. The average molecular weight is 266 g/mol. The number of aryl methyl sites for hydroxylation is 2. The summed E-state index contributed by atoms with van der Waals surface area (Å²) >= 11 is 0. The molecule has 4 nitrogen and oxygen atoms in total. The van der Waals surface area contributed by atoms with Gasteiger partial charge in [0, 0.05) is 18.5 Å². The number of aromatic nitrogens is 2. The Morgan fingerprint density at radius 3 is 2.85 bits per heavy atom. The first-order valence-corrected chi connectivity index (χ1v) is 6.83. The summed E-state index contributed by atoms with van der Waals surface area (Å²) in [6.07, 6.45) is 1.84. The lowest BCUT2D eigenvalue weighted by Crippen LogP contribution is -2.19. The van der Waals surface area contributed by atoms with Crippen LogP contribution in [0, 0.1) is 6.92 Å². The zero-order valence-electron chi connectivity index (χ0n) is 11.2. The molecular weight excluding hydrogens is 252 g/mol. The summed E-state index contributed by atoms with van der Waals surface area (Å²) < 4.78 is 7.54. The zero-order valence-corrected chi connectivity index (χ0v) is 11.2. The van der Waals surface area contributed by atoms with Gasteiger partial charge in [-0.1, -0.05) is 29.8 Å². The van der Waals surface area contributed by atoms with Gasteiger partial charge in [-0.3, -0.25) is 9.36 Å². The average Bonchev–Trinajstić information content (AvgIpc) is 3.06. The smallest absolute Gasteiger partial charge is 0.264 e. The maximum Gasteiger partial charge on any atom is 0.264 e. The largest absolute Gasteiger partial charge is 0.437 e. The number of hydrogen-bond acceptors (Lipinski definition) is 3. The Balaban J connectivity index is 1.94. The van der Waals surface area contributed by atoms with Crippen molar-refractivity contribution in [1.29, 1.82) is 0 Å². The molecule has 2 aromatic heterocycles. The number of nitrogens with zero attached hydrogens (tertiary/aromatic N) is 2. The van der Waals surface area contributed by atoms with Gasteiger partial charge in [-0.25, -0.2) is 0 Å². The van der Waals surface area contributed by atoms with Gasteiger partial charge in [0.05, 0.1) is 0 Å². The van der Waals surface area contributed by atoms with E-state index in [-0.39, 0.29) is 5.56 Å². The lowest BCUT2D eigenvalue weighted by Gasteiger charge is -1.99. The lowest BCUT2D eigenvalue weighted by atomic mass is 10.1. The monoisotopic (exact) mass is 266 g/mol. The Morgan fingerprint density at radius 1 is 1.25 bits per heavy atom. The highest BCUT2D eigenvalue weighted by Crippen LogP contribution is 2.26. The van der Waals surface area contributed by atoms with E-state index in [2.05, 4.69) is 4.98 Å². The van der Waals surface area contributed by atoms with E-state index in [1.165, 1.54) is 5.56 Å². The van der Waals surface area contributed by atoms with Gasteiger partial charge in [0.25, 0.3) is 5.56 Å². The first kappa shape index (κ1) is 11.5. The fourth-order valence-corrected chi connectivity index (χ4v) is 2.73. The maximum atomic E-state index is 12.4. The van der Waals surface area contributed by atoms with Gasteiger partial charge in [-0.2, -0.15) is 4.98 Å². The molecule has 0 atom stereocenters. The van der Waals surface area contributed by atoms with Crippen molar-refractivity contribution in [3.05, 3.63) is 52.1 Å². The predicted octanol–water partition coefficient (Wildman–Crippen LogP) is 2.91. The molecule has 1 aliphatic heterocycles. The van der Waals surface area contributed by atoms with Crippen LogP contribution in [-0.4, -0.2) is 9.55 Å². The Kier molecular flexibility index (Phi) is 2.33. The minimum Gasteiger partial charge on any atom is -0.437 e. The van der Waals surface area contributed by atoms with E-state index in [1.54, 1.807) is 10.6 Å². The summed E-state index contributed by atoms with van der Waals surface area (Å²) in [4.78, 5) is 16.9. The third-order valence-corrected chi connectivity index (χ3v) is 3.85. The van der Waals surface area contributed by atoms with Crippen molar-refractivity contribution in [3.63, 3.8) is 0 Å². The molecular formula is C16H14N2O2. The summed E-state index contributed by atoms with van der Waals surface area (Å²) in [5.74, 6) is 1.54. The molecule has 0 saturated carbocycles. The van der Waals surface area contributed by atoms with Gasteiger partial charge >= 0.3 is 0 Å². The van der Waals surface area contributed by atoms with Crippen LogP contribution >= 0.6 is 0 Å². The first-order chi connectivity index (χ1) is 9.72. The topological polar surface area (TPSA) is 48.0 Å². The fraction of sp³-hybridized carbons (Fsp3) is 0.250. The van der Waals surface area contributed by atoms with Gasteiger partial charge in [0.2, 0.25) is 5.71 Å². The van der Waals surface area contributed by atoms with Crippen LogP contribution in [0.5, 0.6) is 0 Å². The molecule has 1 aliphatic rings. The molecule has 4 heteroatoms. The number of rotatable bonds is 1. The van der Waals surface area contributed by atoms with E-state index in [9.17, 15) is 4.79 Å². The van der Waals surface area contributed by atoms with E-state index >= 15 is 0 Å². The van der Waals surface area contributed by atoms with Crippen LogP contribution in [0.25, 0.3) is 22.4 Å². The SMILES string of the molecule is Cc1ccc(-c2cc3c(=O)n4c(nc3o2)CCC4)cc1. The molecule has 0 saturated heterocycles. The van der Waals surface area contributed by atoms with E-state index in [0.717, 1.165) is 30.8 Å².